The molecular formula is C14H19N3O3S. The van der Waals surface area contributed by atoms with E-state index in [0.29, 0.717) is 17.4 Å². The van der Waals surface area contributed by atoms with Gasteiger partial charge in [-0.2, -0.15) is 0 Å². The Labute approximate surface area is 128 Å². The van der Waals surface area contributed by atoms with Crippen LogP contribution in [0.1, 0.15) is 24.4 Å². The highest BCUT2D eigenvalue weighted by atomic mass is 32.1. The Balaban J connectivity index is 1.63. The molecule has 2 heterocycles. The van der Waals surface area contributed by atoms with Gasteiger partial charge in [0.15, 0.2) is 5.11 Å². The van der Waals surface area contributed by atoms with Gasteiger partial charge in [0.05, 0.1) is 6.10 Å². The number of hydrogen-bond donors (Lipinski definition) is 3. The third-order valence-corrected chi connectivity index (χ3v) is 3.22. The molecule has 1 fully saturated rings. The summed E-state index contributed by atoms with van der Waals surface area (Å²) in [6.07, 6.45) is 5.27. The molecule has 0 saturated carbocycles. The molecule has 1 amide bonds. The summed E-state index contributed by atoms with van der Waals surface area (Å²) < 4.78 is 10.8. The number of thiocarbonyl (C=S) groups is 1. The molecule has 1 saturated heterocycles. The Morgan fingerprint density at radius 3 is 3.00 bits per heavy atom. The van der Waals surface area contributed by atoms with E-state index in [1.165, 1.54) is 6.08 Å². The Morgan fingerprint density at radius 2 is 2.33 bits per heavy atom. The summed E-state index contributed by atoms with van der Waals surface area (Å²) >= 11 is 5.05. The van der Waals surface area contributed by atoms with E-state index < -0.39 is 0 Å². The van der Waals surface area contributed by atoms with Crippen molar-refractivity contribution in [1.29, 1.82) is 0 Å². The maximum Gasteiger partial charge on any atom is 0.262 e. The van der Waals surface area contributed by atoms with E-state index in [0.717, 1.165) is 25.2 Å². The fraction of sp³-hybridized carbons (Fsp3) is 0.429. The molecule has 0 bridgehead atoms. The summed E-state index contributed by atoms with van der Waals surface area (Å²) in [5, 5.41) is 3.36. The third kappa shape index (κ3) is 5.57. The number of ether oxygens (including phenoxy) is 1. The first kappa shape index (κ1) is 15.5. The number of carbonyl (C=O) groups excluding carboxylic acids is 1. The Kier molecular flexibility index (Phi) is 5.77. The minimum atomic E-state index is -0.315. The lowest BCUT2D eigenvalue weighted by Gasteiger charge is -2.13. The summed E-state index contributed by atoms with van der Waals surface area (Å²) in [4.78, 5) is 11.6. The van der Waals surface area contributed by atoms with Gasteiger partial charge in [-0.05, 0) is 50.2 Å². The minimum Gasteiger partial charge on any atom is -0.462 e. The zero-order valence-electron chi connectivity index (χ0n) is 11.8. The number of hydrazine groups is 1. The molecule has 0 spiro atoms. The predicted octanol–water partition coefficient (Wildman–Crippen LogP) is 1.28. The molecule has 1 unspecified atom stereocenters. The quantitative estimate of drug-likeness (QED) is 0.442. The summed E-state index contributed by atoms with van der Waals surface area (Å²) in [5.41, 5.74) is 5.10. The molecule has 2 rings (SSSR count). The third-order valence-electron chi connectivity index (χ3n) is 2.97. The highest BCUT2D eigenvalue weighted by Gasteiger charge is 2.15. The van der Waals surface area contributed by atoms with Crippen LogP contribution in [0.2, 0.25) is 0 Å². The number of amides is 1. The number of nitrogens with one attached hydrogen (secondary N) is 3. The summed E-state index contributed by atoms with van der Waals surface area (Å²) in [7, 11) is 0. The molecule has 1 aromatic rings. The lowest BCUT2D eigenvalue weighted by Crippen LogP contribution is -2.47. The molecule has 1 aliphatic rings. The van der Waals surface area contributed by atoms with E-state index in [1.807, 2.05) is 13.0 Å². The van der Waals surface area contributed by atoms with E-state index in [2.05, 4.69) is 16.2 Å². The summed E-state index contributed by atoms with van der Waals surface area (Å²) in [6.45, 7) is 3.29. The Bertz CT molecular complexity index is 521. The first-order chi connectivity index (χ1) is 10.1. The van der Waals surface area contributed by atoms with Crippen molar-refractivity contribution in [2.24, 2.45) is 0 Å². The topological polar surface area (TPSA) is 75.5 Å². The van der Waals surface area contributed by atoms with Crippen molar-refractivity contribution in [1.82, 2.24) is 16.2 Å². The molecule has 1 aliphatic heterocycles. The van der Waals surface area contributed by atoms with Crippen molar-refractivity contribution < 1.29 is 13.9 Å². The van der Waals surface area contributed by atoms with E-state index in [4.69, 9.17) is 21.4 Å². The second-order valence-electron chi connectivity index (χ2n) is 4.74. The summed E-state index contributed by atoms with van der Waals surface area (Å²) in [5.74, 6) is 1.11. The number of rotatable bonds is 4. The van der Waals surface area contributed by atoms with Crippen LogP contribution in [0.25, 0.3) is 6.08 Å². The second-order valence-corrected chi connectivity index (χ2v) is 5.15. The lowest BCUT2D eigenvalue weighted by atomic mass is 10.2. The monoisotopic (exact) mass is 309 g/mol. The average molecular weight is 309 g/mol. The van der Waals surface area contributed by atoms with Gasteiger partial charge in [-0.25, -0.2) is 0 Å². The van der Waals surface area contributed by atoms with E-state index in [-0.39, 0.29) is 12.0 Å². The Hall–Kier alpha value is -1.86. The fourth-order valence-corrected chi connectivity index (χ4v) is 2.05. The van der Waals surface area contributed by atoms with Crippen molar-refractivity contribution in [3.05, 3.63) is 29.7 Å². The van der Waals surface area contributed by atoms with Crippen molar-refractivity contribution in [2.75, 3.05) is 13.2 Å². The average Bonchev–Trinajstić information content (AvgIpc) is 3.12. The molecule has 6 nitrogen and oxygen atoms in total. The predicted molar refractivity (Wildman–Crippen MR) is 83.3 cm³/mol. The highest BCUT2D eigenvalue weighted by Crippen LogP contribution is 2.10. The number of aryl methyl sites for hydroxylation is 1. The van der Waals surface area contributed by atoms with Gasteiger partial charge in [0, 0.05) is 19.2 Å². The van der Waals surface area contributed by atoms with Crippen LogP contribution in [-0.2, 0) is 9.53 Å². The van der Waals surface area contributed by atoms with Gasteiger partial charge in [-0.15, -0.1) is 0 Å². The van der Waals surface area contributed by atoms with Gasteiger partial charge in [0.1, 0.15) is 11.5 Å². The van der Waals surface area contributed by atoms with Gasteiger partial charge < -0.3 is 14.5 Å². The molecule has 114 valence electrons. The van der Waals surface area contributed by atoms with Crippen molar-refractivity contribution in [2.45, 2.75) is 25.9 Å². The zero-order valence-corrected chi connectivity index (χ0v) is 12.7. The molecule has 1 aromatic heterocycles. The molecule has 0 radical (unpaired) electrons. The fourth-order valence-electron chi connectivity index (χ4n) is 1.92. The first-order valence-corrected chi connectivity index (χ1v) is 7.24. The van der Waals surface area contributed by atoms with Crippen LogP contribution in [0.4, 0.5) is 0 Å². The SMILES string of the molecule is Cc1ccc(C=CC(=O)NNC(=S)NCC2CCCO2)o1. The van der Waals surface area contributed by atoms with Crippen LogP contribution >= 0.6 is 12.2 Å². The molecule has 7 heteroatoms. The number of furan rings is 1. The van der Waals surface area contributed by atoms with Crippen molar-refractivity contribution >= 4 is 29.3 Å². The largest absolute Gasteiger partial charge is 0.462 e. The van der Waals surface area contributed by atoms with E-state index >= 15 is 0 Å². The zero-order chi connectivity index (χ0) is 15.1. The number of carbonyl (C=O) groups is 1. The van der Waals surface area contributed by atoms with Crippen LogP contribution in [0.3, 0.4) is 0 Å². The van der Waals surface area contributed by atoms with Gasteiger partial charge >= 0.3 is 0 Å². The van der Waals surface area contributed by atoms with Crippen LogP contribution in [0, 0.1) is 6.92 Å². The highest BCUT2D eigenvalue weighted by molar-refractivity contribution is 7.80. The van der Waals surface area contributed by atoms with Crippen LogP contribution < -0.4 is 16.2 Å². The molecule has 0 aliphatic carbocycles. The molecule has 21 heavy (non-hydrogen) atoms. The van der Waals surface area contributed by atoms with E-state index in [1.54, 1.807) is 12.1 Å². The van der Waals surface area contributed by atoms with Crippen LogP contribution in [0.5, 0.6) is 0 Å². The van der Waals surface area contributed by atoms with Gasteiger partial charge in [0.2, 0.25) is 0 Å². The molecule has 1 atom stereocenters. The molecule has 0 aromatic carbocycles. The molecule has 3 N–H and O–H groups in total. The standard InChI is InChI=1S/C14H19N3O3S/c1-10-4-5-11(20-10)6-7-13(18)16-17-14(21)15-9-12-3-2-8-19-12/h4-7,12H,2-3,8-9H2,1H3,(H,16,18)(H2,15,17,21). The van der Waals surface area contributed by atoms with Gasteiger partial charge in [-0.3, -0.25) is 15.6 Å². The Morgan fingerprint density at radius 1 is 1.48 bits per heavy atom. The van der Waals surface area contributed by atoms with Gasteiger partial charge in [0.25, 0.3) is 5.91 Å². The maximum absolute atomic E-state index is 11.6. The second kappa shape index (κ2) is 7.80. The van der Waals surface area contributed by atoms with E-state index in [9.17, 15) is 4.79 Å². The normalized spacial score (nSPS) is 17.9. The van der Waals surface area contributed by atoms with Crippen molar-refractivity contribution in [3.8, 4) is 0 Å². The maximum atomic E-state index is 11.6. The lowest BCUT2D eigenvalue weighted by molar-refractivity contribution is -0.116. The smallest absolute Gasteiger partial charge is 0.262 e. The van der Waals surface area contributed by atoms with Crippen LogP contribution in [0.15, 0.2) is 22.6 Å². The summed E-state index contributed by atoms with van der Waals surface area (Å²) in [6, 6.07) is 3.63. The molecular weight excluding hydrogens is 290 g/mol. The van der Waals surface area contributed by atoms with Crippen molar-refractivity contribution in [3.63, 3.8) is 0 Å². The number of hydrogen-bond acceptors (Lipinski definition) is 4. The van der Waals surface area contributed by atoms with Crippen LogP contribution in [-0.4, -0.2) is 30.3 Å². The first-order valence-electron chi connectivity index (χ1n) is 6.83. The van der Waals surface area contributed by atoms with Gasteiger partial charge in [-0.1, -0.05) is 0 Å². The minimum absolute atomic E-state index is 0.197.